The Morgan fingerprint density at radius 1 is 1.50 bits per heavy atom. The summed E-state index contributed by atoms with van der Waals surface area (Å²) in [5, 5.41) is 11.6. The van der Waals surface area contributed by atoms with E-state index >= 15 is 0 Å². The predicted octanol–water partition coefficient (Wildman–Crippen LogP) is 1.86. The lowest BCUT2D eigenvalue weighted by Crippen LogP contribution is -2.40. The van der Waals surface area contributed by atoms with Gasteiger partial charge in [-0.15, -0.1) is 0 Å². The van der Waals surface area contributed by atoms with E-state index < -0.39 is 0 Å². The van der Waals surface area contributed by atoms with Crippen molar-refractivity contribution in [2.75, 3.05) is 6.61 Å². The molecule has 0 aliphatic carbocycles. The van der Waals surface area contributed by atoms with E-state index in [0.29, 0.717) is 11.1 Å². The number of carbonyl (C=O) groups is 1. The highest BCUT2D eigenvalue weighted by Gasteiger charge is 2.23. The molecule has 4 nitrogen and oxygen atoms in total. The van der Waals surface area contributed by atoms with E-state index in [0.717, 1.165) is 19.4 Å². The molecule has 1 aliphatic heterocycles. The molecule has 4 heteroatoms. The van der Waals surface area contributed by atoms with Gasteiger partial charge in [-0.1, -0.05) is 0 Å². The molecular formula is C14H16N2O2. The molecule has 1 amide bonds. The first-order chi connectivity index (χ1) is 8.70. The second kappa shape index (κ2) is 5.65. The number of rotatable bonds is 3. The third-order valence-corrected chi connectivity index (χ3v) is 3.16. The Hall–Kier alpha value is -1.86. The maximum Gasteiger partial charge on any atom is 0.251 e. The first-order valence-electron chi connectivity index (χ1n) is 6.13. The number of ether oxygens (including phenoxy) is 1. The van der Waals surface area contributed by atoms with Crippen molar-refractivity contribution in [3.63, 3.8) is 0 Å². The van der Waals surface area contributed by atoms with Crippen LogP contribution in [0.25, 0.3) is 0 Å². The van der Waals surface area contributed by atoms with Crippen molar-refractivity contribution in [1.82, 2.24) is 5.32 Å². The van der Waals surface area contributed by atoms with Gasteiger partial charge in [-0.2, -0.15) is 5.26 Å². The summed E-state index contributed by atoms with van der Waals surface area (Å²) in [5.41, 5.74) is 1.12. The minimum absolute atomic E-state index is 0.00985. The summed E-state index contributed by atoms with van der Waals surface area (Å²) in [4.78, 5) is 12.0. The number of nitrogens with one attached hydrogen (secondary N) is 1. The van der Waals surface area contributed by atoms with Crippen LogP contribution in [-0.2, 0) is 4.74 Å². The zero-order valence-electron chi connectivity index (χ0n) is 10.3. The van der Waals surface area contributed by atoms with Gasteiger partial charge in [-0.05, 0) is 44.0 Å². The highest BCUT2D eigenvalue weighted by Crippen LogP contribution is 2.15. The Morgan fingerprint density at radius 2 is 2.22 bits per heavy atom. The van der Waals surface area contributed by atoms with Crippen molar-refractivity contribution in [2.24, 2.45) is 0 Å². The van der Waals surface area contributed by atoms with Crippen LogP contribution >= 0.6 is 0 Å². The lowest BCUT2D eigenvalue weighted by Gasteiger charge is -2.19. The van der Waals surface area contributed by atoms with Gasteiger partial charge in [0.25, 0.3) is 5.91 Å². The molecule has 0 aromatic heterocycles. The number of carbonyl (C=O) groups excluding carboxylic acids is 1. The third-order valence-electron chi connectivity index (χ3n) is 3.16. The largest absolute Gasteiger partial charge is 0.376 e. The summed E-state index contributed by atoms with van der Waals surface area (Å²) < 4.78 is 5.53. The monoisotopic (exact) mass is 244 g/mol. The summed E-state index contributed by atoms with van der Waals surface area (Å²) >= 11 is 0. The van der Waals surface area contributed by atoms with Crippen molar-refractivity contribution < 1.29 is 9.53 Å². The Kier molecular flexibility index (Phi) is 3.96. The highest BCUT2D eigenvalue weighted by molar-refractivity contribution is 5.94. The van der Waals surface area contributed by atoms with E-state index in [1.54, 1.807) is 24.3 Å². The second-order valence-electron chi connectivity index (χ2n) is 4.50. The minimum Gasteiger partial charge on any atom is -0.376 e. The molecule has 94 valence electrons. The summed E-state index contributed by atoms with van der Waals surface area (Å²) in [6.45, 7) is 2.74. The minimum atomic E-state index is -0.123. The quantitative estimate of drug-likeness (QED) is 0.882. The average Bonchev–Trinajstić information content (AvgIpc) is 2.92. The highest BCUT2D eigenvalue weighted by atomic mass is 16.5. The molecule has 1 heterocycles. The van der Waals surface area contributed by atoms with Crippen molar-refractivity contribution in [1.29, 1.82) is 5.26 Å². The van der Waals surface area contributed by atoms with Crippen LogP contribution in [0.3, 0.4) is 0 Å². The molecule has 1 saturated heterocycles. The van der Waals surface area contributed by atoms with Gasteiger partial charge >= 0.3 is 0 Å². The molecule has 0 radical (unpaired) electrons. The van der Waals surface area contributed by atoms with E-state index in [1.165, 1.54) is 0 Å². The molecule has 18 heavy (non-hydrogen) atoms. The number of nitrogens with zero attached hydrogens (tertiary/aromatic N) is 1. The molecule has 2 unspecified atom stereocenters. The first-order valence-corrected chi connectivity index (χ1v) is 6.13. The lowest BCUT2D eigenvalue weighted by atomic mass is 10.1. The number of benzene rings is 1. The predicted molar refractivity (Wildman–Crippen MR) is 67.1 cm³/mol. The second-order valence-corrected chi connectivity index (χ2v) is 4.50. The molecular weight excluding hydrogens is 228 g/mol. The normalized spacial score (nSPS) is 20.1. The van der Waals surface area contributed by atoms with Gasteiger partial charge in [0.1, 0.15) is 0 Å². The van der Waals surface area contributed by atoms with E-state index in [4.69, 9.17) is 10.00 Å². The molecule has 1 aliphatic rings. The van der Waals surface area contributed by atoms with Gasteiger partial charge in [-0.25, -0.2) is 0 Å². The molecule has 0 bridgehead atoms. The van der Waals surface area contributed by atoms with Crippen LogP contribution in [0.15, 0.2) is 24.3 Å². The SMILES string of the molecule is CC(NC(=O)c1ccc(C#N)cc1)C1CCCO1. The summed E-state index contributed by atoms with van der Waals surface area (Å²) in [7, 11) is 0. The van der Waals surface area contributed by atoms with Gasteiger partial charge in [0, 0.05) is 12.2 Å². The van der Waals surface area contributed by atoms with Crippen LogP contribution in [0.1, 0.15) is 35.7 Å². The Morgan fingerprint density at radius 3 is 2.78 bits per heavy atom. The number of hydrogen-bond donors (Lipinski definition) is 1. The maximum atomic E-state index is 12.0. The van der Waals surface area contributed by atoms with Gasteiger partial charge in [-0.3, -0.25) is 4.79 Å². The molecule has 1 fully saturated rings. The molecule has 1 aromatic carbocycles. The average molecular weight is 244 g/mol. The molecule has 1 aromatic rings. The fourth-order valence-corrected chi connectivity index (χ4v) is 2.08. The van der Waals surface area contributed by atoms with Crippen LogP contribution in [0, 0.1) is 11.3 Å². The van der Waals surface area contributed by atoms with Crippen LogP contribution in [-0.4, -0.2) is 24.7 Å². The van der Waals surface area contributed by atoms with Crippen LogP contribution in [0.2, 0.25) is 0 Å². The van der Waals surface area contributed by atoms with Crippen molar-refractivity contribution in [3.8, 4) is 6.07 Å². The van der Waals surface area contributed by atoms with Crippen molar-refractivity contribution in [2.45, 2.75) is 31.9 Å². The summed E-state index contributed by atoms with van der Waals surface area (Å²) in [5.74, 6) is -0.123. The molecule has 1 N–H and O–H groups in total. The zero-order chi connectivity index (χ0) is 13.0. The Labute approximate surface area is 107 Å². The molecule has 0 saturated carbocycles. The van der Waals surface area contributed by atoms with Crippen LogP contribution in [0.4, 0.5) is 0 Å². The summed E-state index contributed by atoms with van der Waals surface area (Å²) in [6.07, 6.45) is 2.17. The van der Waals surface area contributed by atoms with Gasteiger partial charge in [0.05, 0.1) is 23.8 Å². The van der Waals surface area contributed by atoms with E-state index in [2.05, 4.69) is 5.32 Å². The standard InChI is InChI=1S/C14H16N2O2/c1-10(13-3-2-8-18-13)16-14(17)12-6-4-11(9-15)5-7-12/h4-7,10,13H,2-3,8H2,1H3,(H,16,17). The fourth-order valence-electron chi connectivity index (χ4n) is 2.08. The topological polar surface area (TPSA) is 62.1 Å². The van der Waals surface area contributed by atoms with Crippen LogP contribution < -0.4 is 5.32 Å². The van der Waals surface area contributed by atoms with Crippen LogP contribution in [0.5, 0.6) is 0 Å². The van der Waals surface area contributed by atoms with E-state index in [-0.39, 0.29) is 18.1 Å². The number of amides is 1. The number of nitriles is 1. The van der Waals surface area contributed by atoms with E-state index in [9.17, 15) is 4.79 Å². The fraction of sp³-hybridized carbons (Fsp3) is 0.429. The maximum absolute atomic E-state index is 12.0. The molecule has 0 spiro atoms. The van der Waals surface area contributed by atoms with Crippen molar-refractivity contribution >= 4 is 5.91 Å². The van der Waals surface area contributed by atoms with Gasteiger partial charge < -0.3 is 10.1 Å². The van der Waals surface area contributed by atoms with Crippen molar-refractivity contribution in [3.05, 3.63) is 35.4 Å². The van der Waals surface area contributed by atoms with E-state index in [1.807, 2.05) is 13.0 Å². The lowest BCUT2D eigenvalue weighted by molar-refractivity contribution is 0.0712. The summed E-state index contributed by atoms with van der Waals surface area (Å²) in [6, 6.07) is 8.65. The zero-order valence-corrected chi connectivity index (χ0v) is 10.3. The van der Waals surface area contributed by atoms with Gasteiger partial charge in [0.2, 0.25) is 0 Å². The van der Waals surface area contributed by atoms with Gasteiger partial charge in [0.15, 0.2) is 0 Å². The first kappa shape index (κ1) is 12.6. The smallest absolute Gasteiger partial charge is 0.251 e. The Balaban J connectivity index is 1.96. The third kappa shape index (κ3) is 2.88. The number of hydrogen-bond acceptors (Lipinski definition) is 3. The molecule has 2 rings (SSSR count). The Bertz CT molecular complexity index is 456. The molecule has 2 atom stereocenters.